The summed E-state index contributed by atoms with van der Waals surface area (Å²) in [7, 11) is 1.87. The van der Waals surface area contributed by atoms with E-state index in [4.69, 9.17) is 4.74 Å². The summed E-state index contributed by atoms with van der Waals surface area (Å²) in [6.07, 6.45) is 3.63. The maximum atomic E-state index is 14.7. The van der Waals surface area contributed by atoms with Gasteiger partial charge >= 0.3 is 0 Å². The SMILES string of the molecule is Cn1nc(-c2ccc(OCCCNCC3CC3)cc2F)c2ccc(Br)cc21. The third-order valence-corrected chi connectivity index (χ3v) is 5.40. The highest BCUT2D eigenvalue weighted by molar-refractivity contribution is 9.10. The monoisotopic (exact) mass is 431 g/mol. The van der Waals surface area contributed by atoms with Crippen molar-refractivity contribution in [3.8, 4) is 17.0 Å². The molecule has 0 aliphatic heterocycles. The molecule has 2 aromatic carbocycles. The number of hydrogen-bond acceptors (Lipinski definition) is 3. The van der Waals surface area contributed by atoms with Crippen molar-refractivity contribution in [1.29, 1.82) is 0 Å². The van der Waals surface area contributed by atoms with Crippen LogP contribution < -0.4 is 10.1 Å². The average molecular weight is 432 g/mol. The van der Waals surface area contributed by atoms with Crippen molar-refractivity contribution in [1.82, 2.24) is 15.1 Å². The molecule has 3 aromatic rings. The Bertz CT molecular complexity index is 952. The molecule has 0 saturated heterocycles. The first-order valence-electron chi connectivity index (χ1n) is 9.37. The van der Waals surface area contributed by atoms with E-state index in [0.717, 1.165) is 40.8 Å². The van der Waals surface area contributed by atoms with E-state index in [9.17, 15) is 4.39 Å². The quantitative estimate of drug-likeness (QED) is 0.514. The van der Waals surface area contributed by atoms with Crippen LogP contribution in [0.4, 0.5) is 4.39 Å². The molecule has 0 radical (unpaired) electrons. The highest BCUT2D eigenvalue weighted by Gasteiger charge is 2.20. The van der Waals surface area contributed by atoms with Gasteiger partial charge in [-0.3, -0.25) is 4.68 Å². The second kappa shape index (κ2) is 7.98. The molecule has 0 amide bonds. The second-order valence-electron chi connectivity index (χ2n) is 7.12. The Labute approximate surface area is 166 Å². The number of hydrogen-bond donors (Lipinski definition) is 1. The van der Waals surface area contributed by atoms with Gasteiger partial charge in [-0.1, -0.05) is 15.9 Å². The van der Waals surface area contributed by atoms with Gasteiger partial charge in [0.2, 0.25) is 0 Å². The third-order valence-electron chi connectivity index (χ3n) is 4.91. The summed E-state index contributed by atoms with van der Waals surface area (Å²) in [6.45, 7) is 2.63. The van der Waals surface area contributed by atoms with Crippen molar-refractivity contribution >= 4 is 26.8 Å². The van der Waals surface area contributed by atoms with Crippen LogP contribution in [0.1, 0.15) is 19.3 Å². The Morgan fingerprint density at radius 1 is 1.26 bits per heavy atom. The summed E-state index contributed by atoms with van der Waals surface area (Å²) in [5, 5.41) is 8.87. The first kappa shape index (κ1) is 18.4. The first-order valence-corrected chi connectivity index (χ1v) is 10.2. The highest BCUT2D eigenvalue weighted by atomic mass is 79.9. The molecule has 0 bridgehead atoms. The van der Waals surface area contributed by atoms with E-state index in [2.05, 4.69) is 26.3 Å². The Kier molecular flexibility index (Phi) is 5.45. The lowest BCUT2D eigenvalue weighted by Gasteiger charge is -2.08. The second-order valence-corrected chi connectivity index (χ2v) is 8.04. The molecule has 0 spiro atoms. The molecule has 6 heteroatoms. The molecule has 1 aliphatic rings. The molecular weight excluding hydrogens is 409 g/mol. The van der Waals surface area contributed by atoms with E-state index in [0.29, 0.717) is 23.6 Å². The van der Waals surface area contributed by atoms with Gasteiger partial charge in [0.1, 0.15) is 17.3 Å². The number of aryl methyl sites for hydroxylation is 1. The molecule has 1 aromatic heterocycles. The van der Waals surface area contributed by atoms with E-state index < -0.39 is 0 Å². The fourth-order valence-corrected chi connectivity index (χ4v) is 3.57. The Balaban J connectivity index is 1.42. The number of aromatic nitrogens is 2. The fraction of sp³-hybridized carbons (Fsp3) is 0.381. The van der Waals surface area contributed by atoms with Gasteiger partial charge in [0.15, 0.2) is 0 Å². The van der Waals surface area contributed by atoms with Crippen LogP contribution in [0, 0.1) is 11.7 Å². The van der Waals surface area contributed by atoms with Crippen LogP contribution in [0.25, 0.3) is 22.2 Å². The molecule has 142 valence electrons. The standard InChI is InChI=1S/C21H23BrFN3O/c1-26-20-11-15(22)5-7-18(20)21(25-26)17-8-6-16(12-19(17)23)27-10-2-9-24-13-14-3-4-14/h5-8,11-12,14,24H,2-4,9-10,13H2,1H3. The largest absolute Gasteiger partial charge is 0.493 e. The molecule has 4 rings (SSSR count). The van der Waals surface area contributed by atoms with Gasteiger partial charge in [0.05, 0.1) is 12.1 Å². The van der Waals surface area contributed by atoms with Gasteiger partial charge < -0.3 is 10.1 Å². The minimum Gasteiger partial charge on any atom is -0.493 e. The van der Waals surface area contributed by atoms with Gasteiger partial charge in [-0.2, -0.15) is 5.10 Å². The van der Waals surface area contributed by atoms with Crippen LogP contribution in [-0.2, 0) is 7.05 Å². The van der Waals surface area contributed by atoms with E-state index in [1.54, 1.807) is 10.7 Å². The summed E-state index contributed by atoms with van der Waals surface area (Å²) in [6, 6.07) is 10.9. The van der Waals surface area contributed by atoms with Gasteiger partial charge in [-0.15, -0.1) is 0 Å². The molecule has 4 nitrogen and oxygen atoms in total. The Morgan fingerprint density at radius 3 is 2.89 bits per heavy atom. The number of nitrogens with zero attached hydrogens (tertiary/aromatic N) is 2. The molecule has 0 unspecified atom stereocenters. The van der Waals surface area contributed by atoms with E-state index >= 15 is 0 Å². The fourth-order valence-electron chi connectivity index (χ4n) is 3.22. The lowest BCUT2D eigenvalue weighted by Crippen LogP contribution is -2.19. The van der Waals surface area contributed by atoms with Crippen LogP contribution in [0.5, 0.6) is 5.75 Å². The topological polar surface area (TPSA) is 39.1 Å². The summed E-state index contributed by atoms with van der Waals surface area (Å²) < 4.78 is 23.2. The molecule has 1 N–H and O–H groups in total. The Morgan fingerprint density at radius 2 is 2.11 bits per heavy atom. The predicted molar refractivity (Wildman–Crippen MR) is 110 cm³/mol. The average Bonchev–Trinajstić information content (AvgIpc) is 3.42. The molecule has 1 aliphatic carbocycles. The van der Waals surface area contributed by atoms with Crippen molar-refractivity contribution < 1.29 is 9.13 Å². The number of fused-ring (bicyclic) bond motifs is 1. The first-order chi connectivity index (χ1) is 13.1. The lowest BCUT2D eigenvalue weighted by molar-refractivity contribution is 0.306. The molecule has 1 fully saturated rings. The van der Waals surface area contributed by atoms with Crippen molar-refractivity contribution in [2.75, 3.05) is 19.7 Å². The zero-order valence-corrected chi connectivity index (χ0v) is 16.9. The molecule has 0 atom stereocenters. The maximum Gasteiger partial charge on any atom is 0.136 e. The van der Waals surface area contributed by atoms with Crippen LogP contribution >= 0.6 is 15.9 Å². The maximum absolute atomic E-state index is 14.7. The molecule has 1 saturated carbocycles. The minimum atomic E-state index is -0.317. The van der Waals surface area contributed by atoms with Crippen molar-refractivity contribution in [2.24, 2.45) is 13.0 Å². The zero-order valence-electron chi connectivity index (χ0n) is 15.3. The van der Waals surface area contributed by atoms with Crippen LogP contribution in [0.3, 0.4) is 0 Å². The predicted octanol–water partition coefficient (Wildman–Crippen LogP) is 4.91. The third kappa shape index (κ3) is 4.33. The van der Waals surface area contributed by atoms with E-state index in [-0.39, 0.29) is 5.82 Å². The number of benzene rings is 2. The van der Waals surface area contributed by atoms with Crippen LogP contribution in [0.2, 0.25) is 0 Å². The van der Waals surface area contributed by atoms with Gasteiger partial charge in [-0.05, 0) is 68.6 Å². The zero-order chi connectivity index (χ0) is 18.8. The molecule has 1 heterocycles. The van der Waals surface area contributed by atoms with Crippen molar-refractivity contribution in [3.05, 3.63) is 46.7 Å². The minimum absolute atomic E-state index is 0.317. The number of ether oxygens (including phenoxy) is 1. The smallest absolute Gasteiger partial charge is 0.136 e. The number of rotatable bonds is 8. The van der Waals surface area contributed by atoms with E-state index in [1.165, 1.54) is 18.9 Å². The van der Waals surface area contributed by atoms with Gasteiger partial charge in [0.25, 0.3) is 0 Å². The van der Waals surface area contributed by atoms with Crippen molar-refractivity contribution in [3.63, 3.8) is 0 Å². The Hall–Kier alpha value is -1.92. The summed E-state index contributed by atoms with van der Waals surface area (Å²) in [5.74, 6) is 1.13. The molecule has 27 heavy (non-hydrogen) atoms. The summed E-state index contributed by atoms with van der Waals surface area (Å²) in [4.78, 5) is 0. The lowest BCUT2D eigenvalue weighted by atomic mass is 10.1. The molecular formula is C21H23BrFN3O. The van der Waals surface area contributed by atoms with Crippen LogP contribution in [0.15, 0.2) is 40.9 Å². The van der Waals surface area contributed by atoms with Gasteiger partial charge in [-0.25, -0.2) is 4.39 Å². The summed E-state index contributed by atoms with van der Waals surface area (Å²) in [5.41, 5.74) is 2.09. The normalized spacial score (nSPS) is 14.0. The highest BCUT2D eigenvalue weighted by Crippen LogP contribution is 2.32. The van der Waals surface area contributed by atoms with Crippen LogP contribution in [-0.4, -0.2) is 29.5 Å². The van der Waals surface area contributed by atoms with Crippen molar-refractivity contribution in [2.45, 2.75) is 19.3 Å². The summed E-state index contributed by atoms with van der Waals surface area (Å²) >= 11 is 3.47. The number of nitrogens with one attached hydrogen (secondary N) is 1. The van der Waals surface area contributed by atoms with Gasteiger partial charge in [0, 0.05) is 28.5 Å². The number of halogens is 2. The van der Waals surface area contributed by atoms with E-state index in [1.807, 2.05) is 31.3 Å².